The molecule has 10 nitrogen and oxygen atoms in total. The van der Waals surface area contributed by atoms with E-state index in [2.05, 4.69) is 16.7 Å². The second-order valence-electron chi connectivity index (χ2n) is 9.02. The molecule has 0 spiro atoms. The van der Waals surface area contributed by atoms with Gasteiger partial charge in [0.2, 0.25) is 0 Å². The van der Waals surface area contributed by atoms with Crippen LogP contribution < -0.4 is 10.6 Å². The largest absolute Gasteiger partial charge is 0.453 e. The molecule has 2 aromatic carbocycles. The van der Waals surface area contributed by atoms with Crippen LogP contribution in [0.2, 0.25) is 0 Å². The lowest BCUT2D eigenvalue weighted by molar-refractivity contribution is 0.118. The molecule has 10 heteroatoms. The smallest absolute Gasteiger partial charge is 0.411 e. The van der Waals surface area contributed by atoms with Gasteiger partial charge in [0.25, 0.3) is 0 Å². The molecule has 2 saturated heterocycles. The molecule has 0 saturated carbocycles. The second-order valence-corrected chi connectivity index (χ2v) is 9.02. The van der Waals surface area contributed by atoms with Gasteiger partial charge in [0, 0.05) is 36.7 Å². The highest BCUT2D eigenvalue weighted by molar-refractivity contribution is 5.77. The molecule has 0 bridgehead atoms. The summed E-state index contributed by atoms with van der Waals surface area (Å²) in [7, 11) is 2.79. The molecule has 2 fully saturated rings. The molecule has 2 unspecified atom stereocenters. The van der Waals surface area contributed by atoms with Crippen molar-refractivity contribution in [1.29, 1.82) is 0 Å². The van der Waals surface area contributed by atoms with Gasteiger partial charge >= 0.3 is 12.2 Å². The van der Waals surface area contributed by atoms with Crippen molar-refractivity contribution in [3.8, 4) is 0 Å². The minimum atomic E-state index is -0.708. The number of carbonyl (C=O) groups is 2. The van der Waals surface area contributed by atoms with Gasteiger partial charge in [0.05, 0.1) is 19.9 Å². The van der Waals surface area contributed by atoms with E-state index < -0.39 is 5.54 Å². The molecule has 4 aliphatic rings. The number of amides is 2. The normalized spacial score (nSPS) is 28.1. The van der Waals surface area contributed by atoms with Crippen molar-refractivity contribution in [3.63, 3.8) is 0 Å². The summed E-state index contributed by atoms with van der Waals surface area (Å²) in [5, 5.41) is 16.6. The third-order valence-electron chi connectivity index (χ3n) is 7.50. The Bertz CT molecular complexity index is 1200. The summed E-state index contributed by atoms with van der Waals surface area (Å²) >= 11 is 0. The number of nitrogens with zero attached hydrogens (tertiary/aromatic N) is 4. The predicted molar refractivity (Wildman–Crippen MR) is 124 cm³/mol. The lowest BCUT2D eigenvalue weighted by Crippen LogP contribution is -2.45. The van der Waals surface area contributed by atoms with Crippen molar-refractivity contribution >= 4 is 29.2 Å². The van der Waals surface area contributed by atoms with Gasteiger partial charge in [-0.05, 0) is 24.1 Å². The first-order valence-corrected chi connectivity index (χ1v) is 11.4. The van der Waals surface area contributed by atoms with Crippen molar-refractivity contribution in [2.75, 3.05) is 37.9 Å². The van der Waals surface area contributed by atoms with Crippen LogP contribution in [0, 0.1) is 0 Å². The second kappa shape index (κ2) is 7.61. The highest BCUT2D eigenvalue weighted by Gasteiger charge is 2.56. The van der Waals surface area contributed by atoms with Crippen molar-refractivity contribution in [2.45, 2.75) is 36.6 Å². The molecule has 6 rings (SSSR count). The van der Waals surface area contributed by atoms with Crippen LogP contribution in [0.15, 0.2) is 52.7 Å². The number of likely N-dealkylation sites (tertiary alicyclic amines) is 2. The van der Waals surface area contributed by atoms with Gasteiger partial charge in [-0.2, -0.15) is 10.2 Å². The summed E-state index contributed by atoms with van der Waals surface area (Å²) in [4.78, 5) is 28.1. The van der Waals surface area contributed by atoms with E-state index >= 15 is 0 Å². The molecule has 0 radical (unpaired) electrons. The predicted octanol–water partition coefficient (Wildman–Crippen LogP) is 4.20. The molecule has 4 heterocycles. The third kappa shape index (κ3) is 2.80. The number of anilines is 2. The fraction of sp³-hybridized carbons (Fsp3) is 0.417. The zero-order valence-electron chi connectivity index (χ0n) is 19.0. The van der Waals surface area contributed by atoms with Crippen LogP contribution in [0.25, 0.3) is 0 Å². The van der Waals surface area contributed by atoms with Crippen molar-refractivity contribution in [3.05, 3.63) is 53.6 Å². The van der Waals surface area contributed by atoms with E-state index in [4.69, 9.17) is 19.7 Å². The molecule has 0 aliphatic carbocycles. The highest BCUT2D eigenvalue weighted by atomic mass is 16.5. The molecule has 4 aliphatic heterocycles. The average Bonchev–Trinajstić information content (AvgIpc) is 3.60. The van der Waals surface area contributed by atoms with Gasteiger partial charge in [-0.1, -0.05) is 30.3 Å². The number of hydrogen-bond acceptors (Lipinski definition) is 8. The summed E-state index contributed by atoms with van der Waals surface area (Å²) in [6.45, 7) is 1.16. The SMILES string of the molecule is COC(=O)N1CC[C@H]2c3cccc(/N=N/[C@]45CCN(C(=O)OC)C4Nc4ccccc45)c3NC21. The Labute approximate surface area is 196 Å². The number of benzene rings is 2. The van der Waals surface area contributed by atoms with Crippen LogP contribution in [-0.2, 0) is 15.0 Å². The Morgan fingerprint density at radius 1 is 1.00 bits per heavy atom. The van der Waals surface area contributed by atoms with Crippen LogP contribution >= 0.6 is 0 Å². The van der Waals surface area contributed by atoms with Crippen molar-refractivity contribution in [1.82, 2.24) is 9.80 Å². The van der Waals surface area contributed by atoms with E-state index in [1.807, 2.05) is 36.4 Å². The first-order valence-electron chi connectivity index (χ1n) is 11.4. The fourth-order valence-electron chi connectivity index (χ4n) is 5.92. The number of ether oxygens (including phenoxy) is 2. The molecule has 0 aromatic heterocycles. The van der Waals surface area contributed by atoms with Gasteiger partial charge in [0.1, 0.15) is 23.6 Å². The first kappa shape index (κ1) is 20.8. The lowest BCUT2D eigenvalue weighted by Gasteiger charge is -2.27. The van der Waals surface area contributed by atoms with Gasteiger partial charge in [0.15, 0.2) is 0 Å². The minimum Gasteiger partial charge on any atom is -0.453 e. The standard InChI is InChI=1S/C24H26N6O4/c1-33-22(31)29-12-10-15-14-6-5-9-18(19(14)26-20(15)29)27-28-24-11-13-30(23(32)34-2)21(24)25-17-8-4-3-7-16(17)24/h3-9,15,20-21,25-26H,10-13H2,1-2H3/b28-27+/t15-,20?,21?,24-/m0/s1. The van der Waals surface area contributed by atoms with E-state index in [1.54, 1.807) is 9.80 Å². The number of para-hydroxylation sites is 2. The minimum absolute atomic E-state index is 0.153. The average molecular weight is 463 g/mol. The van der Waals surface area contributed by atoms with Crippen molar-refractivity contribution < 1.29 is 19.1 Å². The monoisotopic (exact) mass is 462 g/mol. The Morgan fingerprint density at radius 3 is 2.62 bits per heavy atom. The number of hydrogen-bond donors (Lipinski definition) is 2. The van der Waals surface area contributed by atoms with E-state index in [1.165, 1.54) is 14.2 Å². The van der Waals surface area contributed by atoms with Gasteiger partial charge in [-0.15, -0.1) is 0 Å². The van der Waals surface area contributed by atoms with Crippen molar-refractivity contribution in [2.24, 2.45) is 10.2 Å². The van der Waals surface area contributed by atoms with E-state index in [0.29, 0.717) is 25.2 Å². The molecular weight excluding hydrogens is 436 g/mol. The molecule has 176 valence electrons. The summed E-state index contributed by atoms with van der Waals surface area (Å²) < 4.78 is 9.97. The maximum atomic E-state index is 12.4. The van der Waals surface area contributed by atoms with Crippen LogP contribution in [0.4, 0.5) is 26.7 Å². The number of nitrogens with one attached hydrogen (secondary N) is 2. The molecule has 34 heavy (non-hydrogen) atoms. The van der Waals surface area contributed by atoms with E-state index in [9.17, 15) is 9.59 Å². The van der Waals surface area contributed by atoms with Crippen LogP contribution in [0.1, 0.15) is 29.9 Å². The maximum Gasteiger partial charge on any atom is 0.411 e. The molecule has 2 aromatic rings. The summed E-state index contributed by atoms with van der Waals surface area (Å²) in [5.41, 5.74) is 3.99. The lowest BCUT2D eigenvalue weighted by atomic mass is 9.90. The number of carbonyl (C=O) groups excluding carboxylic acids is 2. The van der Waals surface area contributed by atoms with Crippen LogP contribution in [0.5, 0.6) is 0 Å². The Morgan fingerprint density at radius 2 is 1.79 bits per heavy atom. The Hall–Kier alpha value is -3.82. The molecule has 4 atom stereocenters. The molecular formula is C24H26N6O4. The fourth-order valence-corrected chi connectivity index (χ4v) is 5.92. The van der Waals surface area contributed by atoms with Crippen LogP contribution in [-0.4, -0.2) is 61.6 Å². The number of fused-ring (bicyclic) bond motifs is 6. The number of methoxy groups -OCH3 is 2. The molecule has 2 amide bonds. The zero-order valence-corrected chi connectivity index (χ0v) is 19.0. The number of rotatable bonds is 2. The summed E-state index contributed by atoms with van der Waals surface area (Å²) in [5.74, 6) is 0.185. The summed E-state index contributed by atoms with van der Waals surface area (Å²) in [6.07, 6.45) is 0.238. The van der Waals surface area contributed by atoms with Gasteiger partial charge in [-0.3, -0.25) is 9.80 Å². The van der Waals surface area contributed by atoms with Gasteiger partial charge in [-0.25, -0.2) is 9.59 Å². The molecule has 2 N–H and O–H groups in total. The zero-order chi connectivity index (χ0) is 23.4. The van der Waals surface area contributed by atoms with Crippen LogP contribution in [0.3, 0.4) is 0 Å². The highest BCUT2D eigenvalue weighted by Crippen LogP contribution is 2.52. The Balaban J connectivity index is 1.36. The van der Waals surface area contributed by atoms with E-state index in [0.717, 1.165) is 28.9 Å². The number of azo groups is 1. The Kier molecular flexibility index (Phi) is 4.65. The maximum absolute atomic E-state index is 12.4. The summed E-state index contributed by atoms with van der Waals surface area (Å²) in [6, 6.07) is 13.9. The van der Waals surface area contributed by atoms with E-state index in [-0.39, 0.29) is 30.4 Å². The third-order valence-corrected chi connectivity index (χ3v) is 7.50. The first-order chi connectivity index (χ1) is 16.6. The quantitative estimate of drug-likeness (QED) is 0.648. The van der Waals surface area contributed by atoms with Gasteiger partial charge < -0.3 is 20.1 Å². The topological polar surface area (TPSA) is 108 Å².